The molecule has 2 fully saturated rings. The number of hydrogen-bond donors (Lipinski definition) is 1. The van der Waals surface area contributed by atoms with Gasteiger partial charge in [-0.25, -0.2) is 4.39 Å². The normalized spacial score (nSPS) is 19.5. The smallest absolute Gasteiger partial charge is 0.160 e. The summed E-state index contributed by atoms with van der Waals surface area (Å²) < 4.78 is 13.6. The third-order valence-corrected chi connectivity index (χ3v) is 6.76. The number of nitrogens with two attached hydrogens (primary N) is 1. The molecule has 0 spiro atoms. The van der Waals surface area contributed by atoms with E-state index in [0.29, 0.717) is 12.0 Å². The van der Waals surface area contributed by atoms with Crippen molar-refractivity contribution in [1.82, 2.24) is 0 Å². The summed E-state index contributed by atoms with van der Waals surface area (Å²) in [7, 11) is 0. The summed E-state index contributed by atoms with van der Waals surface area (Å²) in [5.41, 5.74) is 10.7. The molecule has 0 radical (unpaired) electrons. The molecule has 3 nitrogen and oxygen atoms in total. The maximum atomic E-state index is 13.6. The molecular formula is C34H57FN2O. The SMILES string of the molecule is CC.CC.CC1CCC(N)C1.CCCc1cc(C)ccc1C(C)=O.Cc1ccc(N2CCC(C)C2)c(F)c1. The van der Waals surface area contributed by atoms with Gasteiger partial charge in [-0.3, -0.25) is 4.79 Å². The molecular weight excluding hydrogens is 471 g/mol. The van der Waals surface area contributed by atoms with Crippen LogP contribution in [-0.2, 0) is 6.42 Å². The Morgan fingerprint density at radius 1 is 0.947 bits per heavy atom. The van der Waals surface area contributed by atoms with Gasteiger partial charge in [0.2, 0.25) is 0 Å². The summed E-state index contributed by atoms with van der Waals surface area (Å²) in [5, 5.41) is 0. The molecule has 4 heteroatoms. The first-order chi connectivity index (χ1) is 18.1. The van der Waals surface area contributed by atoms with Crippen LogP contribution in [0.4, 0.5) is 10.1 Å². The van der Waals surface area contributed by atoms with Crippen molar-refractivity contribution < 1.29 is 9.18 Å². The predicted octanol–water partition coefficient (Wildman–Crippen LogP) is 9.32. The third-order valence-electron chi connectivity index (χ3n) is 6.76. The predicted molar refractivity (Wildman–Crippen MR) is 166 cm³/mol. The molecule has 2 N–H and O–H groups in total. The summed E-state index contributed by atoms with van der Waals surface area (Å²) in [6, 6.07) is 12.0. The standard InChI is InChI=1S/C12H16FN.C12H16O.C6H13N.2C2H6/c1-9-3-4-12(11(13)7-9)14-6-5-10(2)8-14;1-4-5-11-8-9(2)6-7-12(11)10(3)13;1-5-2-3-6(7)4-5;2*1-2/h3-4,7,10H,5-6,8H2,1-2H3;6-8H,4-5H2,1-3H3;5-6H,2-4,7H2,1H3;2*1-2H3. The van der Waals surface area contributed by atoms with E-state index in [1.807, 2.05) is 58.9 Å². The Bertz CT molecular complexity index is 919. The maximum absolute atomic E-state index is 13.6. The fourth-order valence-corrected chi connectivity index (χ4v) is 4.82. The van der Waals surface area contributed by atoms with Gasteiger partial charge in [0.25, 0.3) is 0 Å². The van der Waals surface area contributed by atoms with E-state index < -0.39 is 0 Å². The molecule has 0 amide bonds. The highest BCUT2D eigenvalue weighted by Crippen LogP contribution is 2.26. The molecule has 0 aromatic heterocycles. The van der Waals surface area contributed by atoms with Gasteiger partial charge in [-0.15, -0.1) is 0 Å². The first-order valence-corrected chi connectivity index (χ1v) is 15.0. The Labute approximate surface area is 234 Å². The molecule has 1 saturated carbocycles. The average molecular weight is 529 g/mol. The first kappa shape index (κ1) is 35.8. The number of benzene rings is 2. The maximum Gasteiger partial charge on any atom is 0.160 e. The van der Waals surface area contributed by atoms with Crippen molar-refractivity contribution >= 4 is 11.5 Å². The Morgan fingerprint density at radius 2 is 1.55 bits per heavy atom. The highest BCUT2D eigenvalue weighted by molar-refractivity contribution is 5.95. The highest BCUT2D eigenvalue weighted by Gasteiger charge is 2.21. The van der Waals surface area contributed by atoms with E-state index in [0.717, 1.165) is 48.7 Å². The van der Waals surface area contributed by atoms with E-state index >= 15 is 0 Å². The number of rotatable bonds is 4. The van der Waals surface area contributed by atoms with E-state index in [9.17, 15) is 9.18 Å². The van der Waals surface area contributed by atoms with Crippen LogP contribution in [0.1, 0.15) is 115 Å². The molecule has 1 saturated heterocycles. The summed E-state index contributed by atoms with van der Waals surface area (Å²) >= 11 is 0. The van der Waals surface area contributed by atoms with Gasteiger partial charge in [0.05, 0.1) is 5.69 Å². The number of anilines is 1. The highest BCUT2D eigenvalue weighted by atomic mass is 19.1. The van der Waals surface area contributed by atoms with Crippen LogP contribution in [0.5, 0.6) is 0 Å². The minimum Gasteiger partial charge on any atom is -0.369 e. The van der Waals surface area contributed by atoms with Crippen LogP contribution in [0.15, 0.2) is 36.4 Å². The Morgan fingerprint density at radius 3 is 1.97 bits per heavy atom. The van der Waals surface area contributed by atoms with Crippen LogP contribution in [0.3, 0.4) is 0 Å². The lowest BCUT2D eigenvalue weighted by molar-refractivity contribution is 0.101. The van der Waals surface area contributed by atoms with Gasteiger partial charge in [0.1, 0.15) is 5.82 Å². The number of carbonyl (C=O) groups excluding carboxylic acids is 1. The van der Waals surface area contributed by atoms with Crippen molar-refractivity contribution in [2.45, 2.75) is 114 Å². The Hall–Kier alpha value is -2.20. The lowest BCUT2D eigenvalue weighted by Gasteiger charge is -2.18. The lowest BCUT2D eigenvalue weighted by Crippen LogP contribution is -2.20. The van der Waals surface area contributed by atoms with E-state index in [1.165, 1.54) is 36.8 Å². The van der Waals surface area contributed by atoms with Crippen molar-refractivity contribution in [2.75, 3.05) is 18.0 Å². The lowest BCUT2D eigenvalue weighted by atomic mass is 9.98. The van der Waals surface area contributed by atoms with Gasteiger partial charge in [-0.1, -0.05) is 84.7 Å². The van der Waals surface area contributed by atoms with Crippen LogP contribution >= 0.6 is 0 Å². The fraction of sp³-hybridized carbons (Fsp3) is 0.618. The van der Waals surface area contributed by atoms with Crippen LogP contribution in [0.25, 0.3) is 0 Å². The van der Waals surface area contributed by atoms with Crippen LogP contribution in [-0.4, -0.2) is 24.9 Å². The molecule has 1 aliphatic carbocycles. The zero-order chi connectivity index (χ0) is 29.3. The number of Topliss-reactive ketones (excluding diaryl/α,β-unsaturated/α-hetero) is 1. The zero-order valence-corrected chi connectivity index (χ0v) is 26.2. The number of ketones is 1. The van der Waals surface area contributed by atoms with E-state index in [-0.39, 0.29) is 11.6 Å². The number of nitrogens with zero attached hydrogens (tertiary/aromatic N) is 1. The molecule has 2 aromatic carbocycles. The second-order valence-electron chi connectivity index (χ2n) is 10.4. The largest absolute Gasteiger partial charge is 0.369 e. The van der Waals surface area contributed by atoms with Crippen molar-refractivity contribution in [2.24, 2.45) is 17.6 Å². The quantitative estimate of drug-likeness (QED) is 0.402. The second-order valence-corrected chi connectivity index (χ2v) is 10.4. The van der Waals surface area contributed by atoms with Crippen molar-refractivity contribution in [3.8, 4) is 0 Å². The molecule has 1 aliphatic heterocycles. The third kappa shape index (κ3) is 13.0. The van der Waals surface area contributed by atoms with E-state index in [4.69, 9.17) is 5.73 Å². The van der Waals surface area contributed by atoms with Crippen LogP contribution < -0.4 is 10.6 Å². The van der Waals surface area contributed by atoms with Gasteiger partial charge in [-0.05, 0) is 88.0 Å². The molecule has 2 aromatic rings. The molecule has 1 heterocycles. The molecule has 3 unspecified atom stereocenters. The second kappa shape index (κ2) is 19.8. The summed E-state index contributed by atoms with van der Waals surface area (Å²) in [5.74, 6) is 1.67. The number of halogens is 1. The summed E-state index contributed by atoms with van der Waals surface area (Å²) in [4.78, 5) is 13.4. The van der Waals surface area contributed by atoms with E-state index in [1.54, 1.807) is 13.0 Å². The van der Waals surface area contributed by atoms with Gasteiger partial charge in [0.15, 0.2) is 5.78 Å². The minimum absolute atomic E-state index is 0.0842. The molecule has 216 valence electrons. The van der Waals surface area contributed by atoms with Crippen LogP contribution in [0, 0.1) is 31.5 Å². The Balaban J connectivity index is 0.000000528. The molecule has 0 bridgehead atoms. The van der Waals surface area contributed by atoms with Crippen molar-refractivity contribution in [1.29, 1.82) is 0 Å². The van der Waals surface area contributed by atoms with Gasteiger partial charge in [0, 0.05) is 24.7 Å². The topological polar surface area (TPSA) is 46.3 Å². The molecule has 38 heavy (non-hydrogen) atoms. The van der Waals surface area contributed by atoms with Crippen LogP contribution in [0.2, 0.25) is 0 Å². The number of hydrogen-bond acceptors (Lipinski definition) is 3. The van der Waals surface area contributed by atoms with Gasteiger partial charge >= 0.3 is 0 Å². The van der Waals surface area contributed by atoms with Gasteiger partial charge in [-0.2, -0.15) is 0 Å². The zero-order valence-electron chi connectivity index (χ0n) is 26.2. The number of aryl methyl sites for hydroxylation is 3. The van der Waals surface area contributed by atoms with Gasteiger partial charge < -0.3 is 10.6 Å². The monoisotopic (exact) mass is 528 g/mol. The molecule has 3 atom stereocenters. The average Bonchev–Trinajstić information content (AvgIpc) is 3.49. The van der Waals surface area contributed by atoms with Crippen molar-refractivity contribution in [3.63, 3.8) is 0 Å². The van der Waals surface area contributed by atoms with E-state index in [2.05, 4.69) is 38.7 Å². The van der Waals surface area contributed by atoms with Crippen molar-refractivity contribution in [3.05, 3.63) is 64.5 Å². The Kier molecular flexibility index (Phi) is 18.7. The summed E-state index contributed by atoms with van der Waals surface area (Å²) in [6.07, 6.45) is 7.11. The molecule has 2 aliphatic rings. The first-order valence-electron chi connectivity index (χ1n) is 15.0. The molecule has 4 rings (SSSR count). The minimum atomic E-state index is -0.0842. The summed E-state index contributed by atoms with van der Waals surface area (Å²) in [6.45, 7) is 22.2. The fourth-order valence-electron chi connectivity index (χ4n) is 4.82. The number of carbonyl (C=O) groups is 1.